The Kier molecular flexibility index (Phi) is 4.50. The molecule has 4 aromatic heterocycles. The van der Waals surface area contributed by atoms with Gasteiger partial charge in [-0.05, 0) is 23.8 Å². The van der Waals surface area contributed by atoms with Crippen LogP contribution in [0.5, 0.6) is 0 Å². The van der Waals surface area contributed by atoms with E-state index in [-0.39, 0.29) is 13.0 Å². The summed E-state index contributed by atoms with van der Waals surface area (Å²) in [4.78, 5) is 19.0. The van der Waals surface area contributed by atoms with Crippen LogP contribution in [0.4, 0.5) is 20.4 Å². The predicted molar refractivity (Wildman–Crippen MR) is 110 cm³/mol. The molecule has 0 saturated carbocycles. The van der Waals surface area contributed by atoms with E-state index in [1.807, 2.05) is 40.9 Å². The third kappa shape index (κ3) is 3.66. The Morgan fingerprint density at radius 1 is 1.03 bits per heavy atom. The van der Waals surface area contributed by atoms with E-state index < -0.39 is 5.92 Å². The van der Waals surface area contributed by atoms with Crippen LogP contribution in [0.3, 0.4) is 0 Å². The van der Waals surface area contributed by atoms with Crippen LogP contribution in [-0.2, 0) is 6.54 Å². The lowest BCUT2D eigenvalue weighted by Crippen LogP contribution is -2.25. The molecular weight excluding hydrogens is 388 g/mol. The van der Waals surface area contributed by atoms with Gasteiger partial charge >= 0.3 is 0 Å². The molecule has 0 bridgehead atoms. The van der Waals surface area contributed by atoms with E-state index in [0.29, 0.717) is 24.7 Å². The smallest absolute Gasteiger partial charge is 0.266 e. The average Bonchev–Trinajstić information content (AvgIpc) is 3.36. The molecule has 5 rings (SSSR count). The van der Waals surface area contributed by atoms with Crippen LogP contribution in [0.15, 0.2) is 61.3 Å². The maximum absolute atomic E-state index is 13.4. The number of imidazole rings is 1. The lowest BCUT2D eigenvalue weighted by Gasteiger charge is -2.17. The molecular formula is C21H19F2N7. The van der Waals surface area contributed by atoms with E-state index in [1.54, 1.807) is 23.4 Å². The highest BCUT2D eigenvalue weighted by molar-refractivity contribution is 5.62. The molecule has 1 fully saturated rings. The molecule has 0 radical (unpaired) electrons. The fourth-order valence-corrected chi connectivity index (χ4v) is 3.55. The summed E-state index contributed by atoms with van der Waals surface area (Å²) in [7, 11) is 0. The summed E-state index contributed by atoms with van der Waals surface area (Å²) in [6, 6.07) is 11.3. The van der Waals surface area contributed by atoms with E-state index in [2.05, 4.69) is 25.3 Å². The number of nitrogens with zero attached hydrogens (tertiary/aromatic N) is 6. The van der Waals surface area contributed by atoms with Crippen LogP contribution >= 0.6 is 0 Å². The van der Waals surface area contributed by atoms with Gasteiger partial charge in [0.25, 0.3) is 5.92 Å². The molecule has 0 spiro atoms. The van der Waals surface area contributed by atoms with Crippen LogP contribution in [0.1, 0.15) is 12.0 Å². The monoisotopic (exact) mass is 407 g/mol. The predicted octanol–water partition coefficient (Wildman–Crippen LogP) is 3.64. The van der Waals surface area contributed by atoms with Crippen molar-refractivity contribution in [1.82, 2.24) is 24.3 Å². The number of alkyl halides is 2. The molecule has 0 aliphatic carbocycles. The third-order valence-electron chi connectivity index (χ3n) is 5.12. The second-order valence-corrected chi connectivity index (χ2v) is 7.27. The zero-order chi connectivity index (χ0) is 20.6. The first-order valence-corrected chi connectivity index (χ1v) is 9.63. The average molecular weight is 407 g/mol. The number of hydrogen-bond donors (Lipinski definition) is 1. The van der Waals surface area contributed by atoms with Gasteiger partial charge in [0, 0.05) is 38.0 Å². The Hall–Kier alpha value is -3.62. The van der Waals surface area contributed by atoms with Crippen molar-refractivity contribution in [3.05, 3.63) is 66.9 Å². The molecule has 9 heteroatoms. The Morgan fingerprint density at radius 3 is 2.77 bits per heavy atom. The van der Waals surface area contributed by atoms with Crippen LogP contribution < -0.4 is 10.2 Å². The van der Waals surface area contributed by atoms with Gasteiger partial charge in [-0.2, -0.15) is 0 Å². The summed E-state index contributed by atoms with van der Waals surface area (Å²) < 4.78 is 28.8. The molecule has 0 aromatic carbocycles. The van der Waals surface area contributed by atoms with Gasteiger partial charge < -0.3 is 10.2 Å². The Balaban J connectivity index is 1.27. The van der Waals surface area contributed by atoms with Gasteiger partial charge in [-0.1, -0.05) is 12.1 Å². The number of fused-ring (bicyclic) bond motifs is 1. The quantitative estimate of drug-likeness (QED) is 0.545. The molecule has 0 amide bonds. The van der Waals surface area contributed by atoms with Crippen molar-refractivity contribution in [1.29, 1.82) is 0 Å². The summed E-state index contributed by atoms with van der Waals surface area (Å²) in [6.45, 7) is 0.558. The molecule has 4 aromatic rings. The minimum atomic E-state index is -2.63. The van der Waals surface area contributed by atoms with Crippen molar-refractivity contribution in [2.45, 2.75) is 18.9 Å². The fraction of sp³-hybridized carbons (Fsp3) is 0.238. The summed E-state index contributed by atoms with van der Waals surface area (Å²) in [6.07, 6.45) is 6.81. The van der Waals surface area contributed by atoms with Gasteiger partial charge in [-0.15, -0.1) is 0 Å². The van der Waals surface area contributed by atoms with Gasteiger partial charge in [-0.25, -0.2) is 28.7 Å². The van der Waals surface area contributed by atoms with Gasteiger partial charge in [0.05, 0.1) is 24.1 Å². The van der Waals surface area contributed by atoms with Crippen LogP contribution in [0.25, 0.3) is 17.0 Å². The summed E-state index contributed by atoms with van der Waals surface area (Å²) in [5.74, 6) is -1.38. The molecule has 7 nitrogen and oxygen atoms in total. The zero-order valence-corrected chi connectivity index (χ0v) is 16.0. The minimum absolute atomic E-state index is 0.124. The Labute approximate surface area is 171 Å². The van der Waals surface area contributed by atoms with E-state index in [4.69, 9.17) is 0 Å². The highest BCUT2D eigenvalue weighted by Gasteiger charge is 2.38. The van der Waals surface area contributed by atoms with Crippen molar-refractivity contribution in [2.75, 3.05) is 23.3 Å². The molecule has 5 heterocycles. The van der Waals surface area contributed by atoms with E-state index in [1.165, 1.54) is 6.33 Å². The molecule has 0 unspecified atom stereocenters. The number of hydrogen-bond acceptors (Lipinski definition) is 6. The molecule has 152 valence electrons. The number of nitrogens with one attached hydrogen (secondary N) is 1. The largest absolute Gasteiger partial charge is 0.366 e. The van der Waals surface area contributed by atoms with Crippen molar-refractivity contribution < 1.29 is 8.78 Å². The molecule has 30 heavy (non-hydrogen) atoms. The van der Waals surface area contributed by atoms with Gasteiger partial charge in [0.2, 0.25) is 0 Å². The van der Waals surface area contributed by atoms with Crippen molar-refractivity contribution in [2.24, 2.45) is 0 Å². The van der Waals surface area contributed by atoms with Crippen molar-refractivity contribution >= 4 is 17.3 Å². The number of pyridine rings is 2. The topological polar surface area (TPSA) is 71.2 Å². The van der Waals surface area contributed by atoms with Gasteiger partial charge in [-0.3, -0.25) is 4.40 Å². The first-order chi connectivity index (χ1) is 14.6. The van der Waals surface area contributed by atoms with Crippen LogP contribution in [-0.4, -0.2) is 43.3 Å². The van der Waals surface area contributed by atoms with Gasteiger partial charge in [0.15, 0.2) is 0 Å². The minimum Gasteiger partial charge on any atom is -0.366 e. The van der Waals surface area contributed by atoms with Crippen molar-refractivity contribution in [3.8, 4) is 11.4 Å². The number of rotatable bonds is 5. The first kappa shape index (κ1) is 18.4. The normalized spacial score (nSPS) is 15.6. The Morgan fingerprint density at radius 2 is 1.97 bits per heavy atom. The highest BCUT2D eigenvalue weighted by Crippen LogP contribution is 2.29. The maximum atomic E-state index is 13.4. The third-order valence-corrected chi connectivity index (χ3v) is 5.12. The van der Waals surface area contributed by atoms with Crippen LogP contribution in [0.2, 0.25) is 0 Å². The summed E-state index contributed by atoms with van der Waals surface area (Å²) in [5, 5.41) is 3.26. The number of anilines is 2. The fourth-order valence-electron chi connectivity index (χ4n) is 3.55. The highest BCUT2D eigenvalue weighted by atomic mass is 19.3. The molecule has 1 saturated heterocycles. The van der Waals surface area contributed by atoms with Crippen molar-refractivity contribution in [3.63, 3.8) is 0 Å². The zero-order valence-electron chi connectivity index (χ0n) is 16.0. The number of aromatic nitrogens is 5. The summed E-state index contributed by atoms with van der Waals surface area (Å²) >= 11 is 0. The first-order valence-electron chi connectivity index (χ1n) is 9.63. The van der Waals surface area contributed by atoms with Gasteiger partial charge in [0.1, 0.15) is 23.6 Å². The number of halogens is 2. The molecule has 1 aliphatic heterocycles. The van der Waals surface area contributed by atoms with E-state index in [0.717, 1.165) is 22.6 Å². The molecule has 0 atom stereocenters. The SMILES string of the molecule is FC1(F)CCN(c2ccc(CNc3cc(-c4cnc5ccccn45)ncn3)cn2)C1. The van der Waals surface area contributed by atoms with Crippen LogP contribution in [0, 0.1) is 0 Å². The van der Waals surface area contributed by atoms with E-state index >= 15 is 0 Å². The molecule has 1 aliphatic rings. The molecule has 1 N–H and O–H groups in total. The maximum Gasteiger partial charge on any atom is 0.266 e. The lowest BCUT2D eigenvalue weighted by molar-refractivity contribution is 0.0256. The second-order valence-electron chi connectivity index (χ2n) is 7.27. The Bertz CT molecular complexity index is 1170. The summed E-state index contributed by atoms with van der Waals surface area (Å²) in [5.41, 5.74) is 3.42. The standard InChI is InChI=1S/C21H19F2N7/c22-21(23)6-8-29(13-21)19-5-4-15(11-25-19)10-24-18-9-16(27-14-28-18)17-12-26-20-3-1-2-7-30(17)20/h1-5,7,9,11-12,14H,6,8,10,13H2,(H,24,27,28). The second kappa shape index (κ2) is 7.33. The lowest BCUT2D eigenvalue weighted by atomic mass is 10.2. The van der Waals surface area contributed by atoms with E-state index in [9.17, 15) is 8.78 Å².